The summed E-state index contributed by atoms with van der Waals surface area (Å²) in [6, 6.07) is 1.44. The highest BCUT2D eigenvalue weighted by Crippen LogP contribution is 2.10. The Bertz CT molecular complexity index is 515. The first-order valence-electron chi connectivity index (χ1n) is 6.85. The van der Waals surface area contributed by atoms with E-state index < -0.39 is 0 Å². The molecule has 0 aliphatic carbocycles. The van der Waals surface area contributed by atoms with Gasteiger partial charge in [-0.3, -0.25) is 9.36 Å². The van der Waals surface area contributed by atoms with Crippen LogP contribution in [0.15, 0.2) is 21.9 Å². The van der Waals surface area contributed by atoms with E-state index in [0.717, 1.165) is 26.0 Å². The van der Waals surface area contributed by atoms with E-state index in [1.165, 1.54) is 15.2 Å². The molecule has 1 aromatic rings. The Hall–Kier alpha value is -1.40. The Balaban J connectivity index is 1.88. The standard InChI is InChI=1S/C13H21N3O3/c1-2-15-7-5-12(17)16(13(15)18)8-6-14-10-11-4-3-9-19-11/h5,7,11,14H,2-4,6,8-10H2,1H3. The van der Waals surface area contributed by atoms with Crippen molar-refractivity contribution in [3.63, 3.8) is 0 Å². The molecule has 0 radical (unpaired) electrons. The van der Waals surface area contributed by atoms with Crippen molar-refractivity contribution in [1.82, 2.24) is 14.5 Å². The summed E-state index contributed by atoms with van der Waals surface area (Å²) < 4.78 is 8.29. The average Bonchev–Trinajstić information content (AvgIpc) is 2.91. The molecule has 1 aliphatic heterocycles. The third kappa shape index (κ3) is 3.54. The third-order valence-electron chi connectivity index (χ3n) is 3.39. The van der Waals surface area contributed by atoms with Gasteiger partial charge in [-0.25, -0.2) is 4.79 Å². The minimum Gasteiger partial charge on any atom is -0.377 e. The van der Waals surface area contributed by atoms with Crippen LogP contribution in [0.5, 0.6) is 0 Å². The molecule has 0 spiro atoms. The van der Waals surface area contributed by atoms with Crippen LogP contribution in [0.4, 0.5) is 0 Å². The van der Waals surface area contributed by atoms with E-state index in [2.05, 4.69) is 5.32 Å². The number of aromatic nitrogens is 2. The second-order valence-corrected chi connectivity index (χ2v) is 4.71. The molecule has 6 nitrogen and oxygen atoms in total. The highest BCUT2D eigenvalue weighted by atomic mass is 16.5. The topological polar surface area (TPSA) is 65.3 Å². The van der Waals surface area contributed by atoms with Crippen LogP contribution < -0.4 is 16.6 Å². The van der Waals surface area contributed by atoms with Crippen LogP contribution in [-0.2, 0) is 17.8 Å². The summed E-state index contributed by atoms with van der Waals surface area (Å²) in [5.41, 5.74) is -0.484. The summed E-state index contributed by atoms with van der Waals surface area (Å²) in [5.74, 6) is 0. The lowest BCUT2D eigenvalue weighted by Crippen LogP contribution is -2.41. The number of nitrogens with zero attached hydrogens (tertiary/aromatic N) is 2. The minimum absolute atomic E-state index is 0.242. The Kier molecular flexibility index (Phi) is 4.93. The average molecular weight is 267 g/mol. The molecule has 19 heavy (non-hydrogen) atoms. The molecule has 0 saturated carbocycles. The third-order valence-corrected chi connectivity index (χ3v) is 3.39. The zero-order chi connectivity index (χ0) is 13.7. The van der Waals surface area contributed by atoms with Crippen molar-refractivity contribution < 1.29 is 4.74 Å². The highest BCUT2D eigenvalue weighted by Gasteiger charge is 2.14. The van der Waals surface area contributed by atoms with E-state index in [0.29, 0.717) is 19.6 Å². The van der Waals surface area contributed by atoms with Crippen molar-refractivity contribution in [1.29, 1.82) is 0 Å². The molecule has 0 aromatic carbocycles. The van der Waals surface area contributed by atoms with Gasteiger partial charge in [-0.15, -0.1) is 0 Å². The van der Waals surface area contributed by atoms with Gasteiger partial charge < -0.3 is 14.6 Å². The molecule has 106 valence electrons. The predicted octanol–water partition coefficient (Wildman–Crippen LogP) is -0.201. The van der Waals surface area contributed by atoms with E-state index in [1.54, 1.807) is 6.20 Å². The number of hydrogen-bond donors (Lipinski definition) is 1. The van der Waals surface area contributed by atoms with Gasteiger partial charge in [0.25, 0.3) is 5.56 Å². The van der Waals surface area contributed by atoms with Gasteiger partial charge in [-0.2, -0.15) is 0 Å². The molecule has 2 rings (SSSR count). The molecule has 1 atom stereocenters. The van der Waals surface area contributed by atoms with Crippen molar-refractivity contribution in [2.75, 3.05) is 19.7 Å². The molecular formula is C13H21N3O3. The molecule has 0 bridgehead atoms. The minimum atomic E-state index is -0.242. The number of rotatable bonds is 6. The largest absolute Gasteiger partial charge is 0.377 e. The summed E-state index contributed by atoms with van der Waals surface area (Å²) in [4.78, 5) is 23.6. The van der Waals surface area contributed by atoms with Gasteiger partial charge in [0.2, 0.25) is 0 Å². The maximum atomic E-state index is 11.9. The van der Waals surface area contributed by atoms with E-state index >= 15 is 0 Å². The Morgan fingerprint density at radius 1 is 1.47 bits per heavy atom. The lowest BCUT2D eigenvalue weighted by atomic mass is 10.2. The number of hydrogen-bond acceptors (Lipinski definition) is 4. The van der Waals surface area contributed by atoms with Crippen molar-refractivity contribution in [3.05, 3.63) is 33.1 Å². The lowest BCUT2D eigenvalue weighted by Gasteiger charge is -2.12. The van der Waals surface area contributed by atoms with Gasteiger partial charge in [0.15, 0.2) is 0 Å². The van der Waals surface area contributed by atoms with Gasteiger partial charge in [-0.05, 0) is 19.8 Å². The molecule has 0 amide bonds. The van der Waals surface area contributed by atoms with Crippen LogP contribution >= 0.6 is 0 Å². The van der Waals surface area contributed by atoms with Crippen molar-refractivity contribution in [3.8, 4) is 0 Å². The molecule has 1 unspecified atom stereocenters. The van der Waals surface area contributed by atoms with Crippen LogP contribution in [-0.4, -0.2) is 34.9 Å². The Labute approximate surface area is 112 Å². The smallest absolute Gasteiger partial charge is 0.330 e. The summed E-state index contributed by atoms with van der Waals surface area (Å²) >= 11 is 0. The van der Waals surface area contributed by atoms with Gasteiger partial charge in [0, 0.05) is 45.0 Å². The Morgan fingerprint density at radius 2 is 2.32 bits per heavy atom. The van der Waals surface area contributed by atoms with Crippen LogP contribution in [0.25, 0.3) is 0 Å². The Morgan fingerprint density at radius 3 is 3.00 bits per heavy atom. The second-order valence-electron chi connectivity index (χ2n) is 4.71. The maximum absolute atomic E-state index is 11.9. The van der Waals surface area contributed by atoms with E-state index in [9.17, 15) is 9.59 Å². The van der Waals surface area contributed by atoms with Crippen molar-refractivity contribution in [2.45, 2.75) is 39.0 Å². The first-order valence-corrected chi connectivity index (χ1v) is 6.85. The zero-order valence-corrected chi connectivity index (χ0v) is 11.3. The van der Waals surface area contributed by atoms with E-state index in [4.69, 9.17) is 4.74 Å². The van der Waals surface area contributed by atoms with E-state index in [-0.39, 0.29) is 17.4 Å². The fourth-order valence-corrected chi connectivity index (χ4v) is 2.26. The summed E-state index contributed by atoms with van der Waals surface area (Å²) in [7, 11) is 0. The number of ether oxygens (including phenoxy) is 1. The molecular weight excluding hydrogens is 246 g/mol. The molecule has 2 heterocycles. The van der Waals surface area contributed by atoms with Crippen LogP contribution in [0.2, 0.25) is 0 Å². The molecule has 1 N–H and O–H groups in total. The maximum Gasteiger partial charge on any atom is 0.330 e. The number of aryl methyl sites for hydroxylation is 1. The fourth-order valence-electron chi connectivity index (χ4n) is 2.26. The first-order chi connectivity index (χ1) is 9.22. The van der Waals surface area contributed by atoms with Crippen molar-refractivity contribution in [2.24, 2.45) is 0 Å². The van der Waals surface area contributed by atoms with Gasteiger partial charge in [0.1, 0.15) is 0 Å². The van der Waals surface area contributed by atoms with Gasteiger partial charge in [0.05, 0.1) is 6.10 Å². The van der Waals surface area contributed by atoms with E-state index in [1.807, 2.05) is 6.92 Å². The first kappa shape index (κ1) is 14.0. The van der Waals surface area contributed by atoms with Crippen molar-refractivity contribution >= 4 is 0 Å². The van der Waals surface area contributed by atoms with Gasteiger partial charge >= 0.3 is 5.69 Å². The SMILES string of the molecule is CCn1ccc(=O)n(CCNCC2CCCO2)c1=O. The monoisotopic (exact) mass is 267 g/mol. The molecule has 1 fully saturated rings. The molecule has 1 saturated heterocycles. The molecule has 1 aliphatic rings. The lowest BCUT2D eigenvalue weighted by molar-refractivity contribution is 0.110. The summed E-state index contributed by atoms with van der Waals surface area (Å²) in [6.45, 7) is 5.07. The highest BCUT2D eigenvalue weighted by molar-refractivity contribution is 4.86. The normalized spacial score (nSPS) is 18.9. The van der Waals surface area contributed by atoms with Crippen LogP contribution in [0.3, 0.4) is 0 Å². The predicted molar refractivity (Wildman–Crippen MR) is 72.5 cm³/mol. The van der Waals surface area contributed by atoms with Crippen LogP contribution in [0, 0.1) is 0 Å². The molecule has 1 aromatic heterocycles. The van der Waals surface area contributed by atoms with Crippen LogP contribution in [0.1, 0.15) is 19.8 Å². The summed E-state index contributed by atoms with van der Waals surface area (Å²) in [6.07, 6.45) is 4.02. The quantitative estimate of drug-likeness (QED) is 0.725. The fraction of sp³-hybridized carbons (Fsp3) is 0.692. The molecule has 6 heteroatoms. The second kappa shape index (κ2) is 6.68. The summed E-state index contributed by atoms with van der Waals surface area (Å²) in [5, 5.41) is 3.23. The zero-order valence-electron chi connectivity index (χ0n) is 11.3. The van der Waals surface area contributed by atoms with Gasteiger partial charge in [-0.1, -0.05) is 0 Å². The number of nitrogens with one attached hydrogen (secondary N) is 1.